The van der Waals surface area contributed by atoms with Crippen molar-refractivity contribution in [2.24, 2.45) is 0 Å². The van der Waals surface area contributed by atoms with Crippen LogP contribution in [0.2, 0.25) is 0 Å². The van der Waals surface area contributed by atoms with Gasteiger partial charge in [-0.25, -0.2) is 23.5 Å². The highest BCUT2D eigenvalue weighted by atomic mass is 19.1. The second-order valence-corrected chi connectivity index (χ2v) is 8.69. The third-order valence-electron chi connectivity index (χ3n) is 6.28. The number of hydrogen-bond donors (Lipinski definition) is 1. The number of nitrogens with one attached hydrogen (secondary N) is 1. The first-order valence-electron chi connectivity index (χ1n) is 11.5. The van der Waals surface area contributed by atoms with Crippen molar-refractivity contribution < 1.29 is 13.6 Å². The predicted octanol–water partition coefficient (Wildman–Crippen LogP) is 6.79. The highest BCUT2D eigenvalue weighted by Crippen LogP contribution is 2.32. The fourth-order valence-corrected chi connectivity index (χ4v) is 4.43. The normalized spacial score (nSPS) is 12.6. The first kappa shape index (κ1) is 21.9. The molecule has 4 aromatic carbocycles. The van der Waals surface area contributed by atoms with Crippen LogP contribution in [0.15, 0.2) is 91.0 Å². The number of urea groups is 1. The smallest absolute Gasteiger partial charge is 0.316 e. The average molecular weight is 479 g/mol. The van der Waals surface area contributed by atoms with Crippen molar-refractivity contribution in [2.75, 3.05) is 5.32 Å². The summed E-state index contributed by atoms with van der Waals surface area (Å²) in [6.07, 6.45) is 0. The molecule has 6 rings (SSSR count). The second kappa shape index (κ2) is 8.85. The molecule has 7 heteroatoms. The number of halogens is 2. The van der Waals surface area contributed by atoms with E-state index in [1.54, 1.807) is 47.4 Å². The molecule has 5 aromatic rings. The zero-order valence-corrected chi connectivity index (χ0v) is 19.1. The van der Waals surface area contributed by atoms with Gasteiger partial charge in [0, 0.05) is 29.9 Å². The molecule has 1 aliphatic heterocycles. The van der Waals surface area contributed by atoms with Crippen molar-refractivity contribution in [3.63, 3.8) is 0 Å². The molecule has 5 nitrogen and oxygen atoms in total. The number of carbonyl (C=O) groups excluding carboxylic acids is 1. The fourth-order valence-electron chi connectivity index (χ4n) is 4.43. The molecule has 1 aromatic heterocycles. The predicted molar refractivity (Wildman–Crippen MR) is 135 cm³/mol. The molecule has 0 saturated carbocycles. The van der Waals surface area contributed by atoms with Crippen LogP contribution in [-0.2, 0) is 13.1 Å². The van der Waals surface area contributed by atoms with Crippen LogP contribution in [-0.4, -0.2) is 20.9 Å². The highest BCUT2D eigenvalue weighted by molar-refractivity contribution is 5.93. The fraction of sp³-hybridized carbons (Fsp3) is 0.0690. The summed E-state index contributed by atoms with van der Waals surface area (Å²) in [7, 11) is 0. The number of anilines is 1. The van der Waals surface area contributed by atoms with Crippen LogP contribution in [0.3, 0.4) is 0 Å². The lowest BCUT2D eigenvalue weighted by Gasteiger charge is -2.17. The maximum Gasteiger partial charge on any atom is 0.322 e. The average Bonchev–Trinajstić information content (AvgIpc) is 3.34. The summed E-state index contributed by atoms with van der Waals surface area (Å²) in [5, 5.41) is 2.96. The van der Waals surface area contributed by atoms with E-state index in [1.807, 2.05) is 24.3 Å². The van der Waals surface area contributed by atoms with Gasteiger partial charge in [0.1, 0.15) is 11.6 Å². The molecule has 0 aliphatic carbocycles. The van der Waals surface area contributed by atoms with Gasteiger partial charge < -0.3 is 10.2 Å². The zero-order valence-electron chi connectivity index (χ0n) is 19.1. The first-order chi connectivity index (χ1) is 17.5. The Morgan fingerprint density at radius 3 is 1.78 bits per heavy atom. The van der Waals surface area contributed by atoms with Crippen molar-refractivity contribution in [1.29, 1.82) is 0 Å². The summed E-state index contributed by atoms with van der Waals surface area (Å²) in [5.74, 6) is -0.706. The number of fused-ring (bicyclic) bond motifs is 2. The maximum atomic E-state index is 13.6. The molecule has 2 amide bonds. The first-order valence-corrected chi connectivity index (χ1v) is 11.5. The quantitative estimate of drug-likeness (QED) is 0.311. The van der Waals surface area contributed by atoms with E-state index in [4.69, 9.17) is 9.97 Å². The minimum atomic E-state index is -0.357. The number of aromatic nitrogens is 2. The second-order valence-electron chi connectivity index (χ2n) is 8.69. The lowest BCUT2D eigenvalue weighted by atomic mass is 10.0. The molecule has 0 saturated heterocycles. The van der Waals surface area contributed by atoms with Gasteiger partial charge in [-0.1, -0.05) is 24.3 Å². The van der Waals surface area contributed by atoms with Crippen LogP contribution in [0, 0.1) is 11.6 Å². The van der Waals surface area contributed by atoms with E-state index in [9.17, 15) is 13.6 Å². The lowest BCUT2D eigenvalue weighted by molar-refractivity contribution is 0.212. The molecule has 176 valence electrons. The topological polar surface area (TPSA) is 58.1 Å². The molecule has 0 atom stereocenters. The van der Waals surface area contributed by atoms with Crippen LogP contribution in [0.1, 0.15) is 11.1 Å². The summed E-state index contributed by atoms with van der Waals surface area (Å²) in [6.45, 7) is 1.12. The third-order valence-corrected chi connectivity index (χ3v) is 6.28. The van der Waals surface area contributed by atoms with E-state index in [0.29, 0.717) is 52.3 Å². The van der Waals surface area contributed by atoms with E-state index >= 15 is 0 Å². The zero-order chi connectivity index (χ0) is 24.6. The van der Waals surface area contributed by atoms with Gasteiger partial charge in [-0.05, 0) is 77.9 Å². The molecule has 1 N–H and O–H groups in total. The maximum absolute atomic E-state index is 13.6. The Bertz CT molecular complexity index is 1580. The number of benzene rings is 4. The molecule has 0 radical (unpaired) electrons. The molecule has 0 bridgehead atoms. The van der Waals surface area contributed by atoms with Crippen molar-refractivity contribution in [1.82, 2.24) is 14.9 Å². The van der Waals surface area contributed by atoms with Gasteiger partial charge in [-0.15, -0.1) is 0 Å². The molecular weight excluding hydrogens is 458 g/mol. The lowest BCUT2D eigenvalue weighted by Crippen LogP contribution is -2.30. The monoisotopic (exact) mass is 478 g/mol. The Morgan fingerprint density at radius 1 is 0.694 bits per heavy atom. The number of nitrogens with zero attached hydrogens (tertiary/aromatic N) is 3. The summed E-state index contributed by atoms with van der Waals surface area (Å²) in [5.41, 5.74) is 6.54. The van der Waals surface area contributed by atoms with Gasteiger partial charge in [0.2, 0.25) is 0 Å². The van der Waals surface area contributed by atoms with E-state index in [1.165, 1.54) is 24.3 Å². The molecule has 36 heavy (non-hydrogen) atoms. The molecule has 0 spiro atoms. The number of amides is 2. The van der Waals surface area contributed by atoms with Crippen LogP contribution >= 0.6 is 0 Å². The van der Waals surface area contributed by atoms with Crippen molar-refractivity contribution in [3.8, 4) is 22.5 Å². The van der Waals surface area contributed by atoms with Gasteiger partial charge in [0.25, 0.3) is 0 Å². The number of hydrogen-bond acceptors (Lipinski definition) is 3. The molecular formula is C29H20F2N4O. The van der Waals surface area contributed by atoms with Crippen LogP contribution in [0.25, 0.3) is 33.5 Å². The number of rotatable bonds is 3. The Labute approximate surface area is 206 Å². The van der Waals surface area contributed by atoms with E-state index in [-0.39, 0.29) is 17.7 Å². The van der Waals surface area contributed by atoms with E-state index in [2.05, 4.69) is 5.32 Å². The Hall–Kier alpha value is -4.65. The van der Waals surface area contributed by atoms with Gasteiger partial charge in [-0.2, -0.15) is 0 Å². The van der Waals surface area contributed by atoms with Crippen molar-refractivity contribution >= 4 is 22.8 Å². The van der Waals surface area contributed by atoms with Crippen LogP contribution in [0.5, 0.6) is 0 Å². The van der Waals surface area contributed by atoms with Gasteiger partial charge >= 0.3 is 6.03 Å². The largest absolute Gasteiger partial charge is 0.322 e. The van der Waals surface area contributed by atoms with Gasteiger partial charge in [-0.3, -0.25) is 0 Å². The Morgan fingerprint density at radius 2 is 1.22 bits per heavy atom. The van der Waals surface area contributed by atoms with Crippen molar-refractivity contribution in [3.05, 3.63) is 114 Å². The molecule has 2 heterocycles. The van der Waals surface area contributed by atoms with E-state index in [0.717, 1.165) is 11.1 Å². The van der Waals surface area contributed by atoms with Crippen LogP contribution < -0.4 is 5.32 Å². The summed E-state index contributed by atoms with van der Waals surface area (Å²) < 4.78 is 27.1. The Balaban J connectivity index is 1.36. The summed E-state index contributed by atoms with van der Waals surface area (Å²) >= 11 is 0. The standard InChI is InChI=1S/C29H20F2N4O/c30-22-9-5-18(6-10-22)27-28(19-7-11-23(31)12-8-19)34-26-15-24(13-14-25(26)33-27)32-29(36)35-16-20-3-1-2-4-21(20)17-35/h1-15H,16-17H2,(H,32,36). The minimum absolute atomic E-state index is 0.194. The van der Waals surface area contributed by atoms with Gasteiger partial charge in [0.05, 0.1) is 22.4 Å². The molecule has 0 unspecified atom stereocenters. The molecule has 0 fully saturated rings. The van der Waals surface area contributed by atoms with E-state index < -0.39 is 0 Å². The minimum Gasteiger partial charge on any atom is -0.316 e. The SMILES string of the molecule is O=C(Nc1ccc2nc(-c3ccc(F)cc3)c(-c3ccc(F)cc3)nc2c1)N1Cc2ccccc2C1. The molecule has 1 aliphatic rings. The highest BCUT2D eigenvalue weighted by Gasteiger charge is 2.23. The third kappa shape index (κ3) is 4.15. The number of carbonyl (C=O) groups is 1. The van der Waals surface area contributed by atoms with Gasteiger partial charge in [0.15, 0.2) is 0 Å². The Kier molecular flexibility index (Phi) is 5.37. The summed E-state index contributed by atoms with van der Waals surface area (Å²) in [4.78, 5) is 24.3. The summed E-state index contributed by atoms with van der Waals surface area (Å²) in [6, 6.07) is 25.2. The van der Waals surface area contributed by atoms with Crippen LogP contribution in [0.4, 0.5) is 19.3 Å². The van der Waals surface area contributed by atoms with Crippen molar-refractivity contribution in [2.45, 2.75) is 13.1 Å².